The maximum absolute atomic E-state index is 13.5. The summed E-state index contributed by atoms with van der Waals surface area (Å²) in [6, 6.07) is 11.7. The minimum Gasteiger partial charge on any atom is -0.431 e. The van der Waals surface area contributed by atoms with Crippen LogP contribution in [0.3, 0.4) is 0 Å². The number of anilines is 2. The van der Waals surface area contributed by atoms with Crippen LogP contribution in [-0.2, 0) is 26.6 Å². The quantitative estimate of drug-likeness (QED) is 0.411. The maximum Gasteiger partial charge on any atom is 0.394 e. The molecule has 0 spiro atoms. The molecule has 12 heteroatoms. The first-order valence-electron chi connectivity index (χ1n) is 11.6. The lowest BCUT2D eigenvalue weighted by Gasteiger charge is -2.27. The van der Waals surface area contributed by atoms with E-state index >= 15 is 0 Å². The van der Waals surface area contributed by atoms with Crippen LogP contribution in [0, 0.1) is 0 Å². The molecular formula is C25H26Cl2F2N4O4. The second-order valence-corrected chi connectivity index (χ2v) is 9.71. The van der Waals surface area contributed by atoms with E-state index in [0.717, 1.165) is 10.1 Å². The van der Waals surface area contributed by atoms with E-state index in [2.05, 4.69) is 5.32 Å². The van der Waals surface area contributed by atoms with Crippen LogP contribution < -0.4 is 26.2 Å². The van der Waals surface area contributed by atoms with Crippen molar-refractivity contribution in [2.75, 3.05) is 16.8 Å². The summed E-state index contributed by atoms with van der Waals surface area (Å²) < 4.78 is 34.2. The molecule has 0 saturated heterocycles. The van der Waals surface area contributed by atoms with Gasteiger partial charge in [0, 0.05) is 45.1 Å². The van der Waals surface area contributed by atoms with Crippen molar-refractivity contribution in [3.63, 3.8) is 0 Å². The monoisotopic (exact) mass is 554 g/mol. The number of aliphatic hydroxyl groups is 1. The van der Waals surface area contributed by atoms with Crippen LogP contribution in [-0.4, -0.2) is 33.1 Å². The molecule has 0 bridgehead atoms. The van der Waals surface area contributed by atoms with Crippen molar-refractivity contribution in [3.05, 3.63) is 84.5 Å². The fourth-order valence-corrected chi connectivity index (χ4v) is 4.58. The number of nitrogens with zero attached hydrogens (tertiary/aromatic N) is 3. The summed E-state index contributed by atoms with van der Waals surface area (Å²) in [4.78, 5) is 28.2. The van der Waals surface area contributed by atoms with Crippen LogP contribution in [0.4, 0.5) is 20.3 Å². The molecule has 3 aromatic rings. The van der Waals surface area contributed by atoms with E-state index in [1.54, 1.807) is 25.2 Å². The highest BCUT2D eigenvalue weighted by Crippen LogP contribution is 2.35. The summed E-state index contributed by atoms with van der Waals surface area (Å²) in [6.45, 7) is 0.832. The molecule has 8 nitrogen and oxygen atoms in total. The first kappa shape index (κ1) is 27.0. The number of aliphatic hydroxyl groups excluding tert-OH is 1. The second kappa shape index (κ2) is 10.7. The molecule has 37 heavy (non-hydrogen) atoms. The summed E-state index contributed by atoms with van der Waals surface area (Å²) in [7, 11) is 1.56. The predicted octanol–water partition coefficient (Wildman–Crippen LogP) is 4.23. The molecular weight excluding hydrogens is 529 g/mol. The molecule has 1 aliphatic rings. The first-order valence-corrected chi connectivity index (χ1v) is 12.3. The number of aromatic nitrogens is 2. The van der Waals surface area contributed by atoms with Crippen molar-refractivity contribution in [3.8, 4) is 5.75 Å². The number of hydrogen-bond acceptors (Lipinski definition) is 6. The molecule has 0 saturated carbocycles. The molecule has 198 valence electrons. The molecule has 1 aromatic heterocycles. The highest BCUT2D eigenvalue weighted by atomic mass is 35.5. The third-order valence-corrected chi connectivity index (χ3v) is 6.58. The first-order chi connectivity index (χ1) is 17.5. The van der Waals surface area contributed by atoms with Gasteiger partial charge in [-0.3, -0.25) is 13.9 Å². The van der Waals surface area contributed by atoms with Crippen LogP contribution in [0.15, 0.2) is 52.1 Å². The Morgan fingerprint density at radius 2 is 1.78 bits per heavy atom. The average molecular weight is 555 g/mol. The van der Waals surface area contributed by atoms with Crippen molar-refractivity contribution in [2.45, 2.75) is 45.1 Å². The molecule has 1 unspecified atom stereocenters. The fourth-order valence-electron chi connectivity index (χ4n) is 4.30. The van der Waals surface area contributed by atoms with E-state index in [9.17, 15) is 23.5 Å². The Labute approximate surface area is 221 Å². The number of benzene rings is 2. The summed E-state index contributed by atoms with van der Waals surface area (Å²) in [6.07, 6.45) is -3.40. The number of hydrogen-bond donors (Lipinski definition) is 2. The molecule has 0 aliphatic carbocycles. The van der Waals surface area contributed by atoms with Crippen LogP contribution in [0.5, 0.6) is 5.75 Å². The van der Waals surface area contributed by atoms with Crippen molar-refractivity contribution < 1.29 is 18.6 Å². The third-order valence-electron chi connectivity index (χ3n) is 6.01. The van der Waals surface area contributed by atoms with E-state index in [-0.39, 0.29) is 36.8 Å². The Kier molecular flexibility index (Phi) is 7.82. The van der Waals surface area contributed by atoms with Gasteiger partial charge in [0.2, 0.25) is 0 Å². The van der Waals surface area contributed by atoms with Crippen molar-refractivity contribution in [1.29, 1.82) is 0 Å². The lowest BCUT2D eigenvalue weighted by atomic mass is 10.1. The van der Waals surface area contributed by atoms with E-state index in [0.29, 0.717) is 35.6 Å². The number of ether oxygens (including phenoxy) is 1. The topological polar surface area (TPSA) is 88.7 Å². The molecule has 0 fully saturated rings. The Bertz CT molecular complexity index is 1400. The van der Waals surface area contributed by atoms with Crippen LogP contribution in [0.2, 0.25) is 10.0 Å². The normalized spacial score (nSPS) is 15.0. The number of fused-ring (bicyclic) bond motifs is 1. The zero-order valence-corrected chi connectivity index (χ0v) is 21.7. The van der Waals surface area contributed by atoms with Gasteiger partial charge in [-0.2, -0.15) is 8.78 Å². The molecule has 0 radical (unpaired) electrons. The maximum atomic E-state index is 13.5. The van der Waals surface area contributed by atoms with E-state index in [1.807, 2.05) is 17.0 Å². The van der Waals surface area contributed by atoms with Crippen molar-refractivity contribution >= 4 is 34.7 Å². The van der Waals surface area contributed by atoms with Gasteiger partial charge < -0.3 is 20.1 Å². The van der Waals surface area contributed by atoms with E-state index in [4.69, 9.17) is 27.9 Å². The Morgan fingerprint density at radius 1 is 1.11 bits per heavy atom. The number of rotatable bonds is 9. The lowest BCUT2D eigenvalue weighted by Crippen LogP contribution is -2.42. The van der Waals surface area contributed by atoms with Crippen LogP contribution >= 0.6 is 23.2 Å². The van der Waals surface area contributed by atoms with E-state index in [1.165, 1.54) is 16.7 Å². The smallest absolute Gasteiger partial charge is 0.394 e. The third kappa shape index (κ3) is 5.92. The van der Waals surface area contributed by atoms with Gasteiger partial charge in [0.25, 0.3) is 5.56 Å². The number of nitrogens with one attached hydrogen (secondary N) is 1. The van der Waals surface area contributed by atoms with Crippen LogP contribution in [0.25, 0.3) is 0 Å². The SMILES string of the molecule is Cn1c2c(c(=O)n(CCCO)c1=O)N(Cc1ccc(Cl)cc1)C(Cc1ccc(Cl)c(OC(C)(F)F)c1)N2. The fraction of sp³-hybridized carbons (Fsp3) is 0.360. The zero-order valence-electron chi connectivity index (χ0n) is 20.2. The lowest BCUT2D eigenvalue weighted by molar-refractivity contribution is -0.158. The highest BCUT2D eigenvalue weighted by molar-refractivity contribution is 6.32. The van der Waals surface area contributed by atoms with E-state index < -0.39 is 23.5 Å². The minimum atomic E-state index is -3.41. The average Bonchev–Trinajstić information content (AvgIpc) is 3.18. The Morgan fingerprint density at radius 3 is 2.43 bits per heavy atom. The molecule has 1 aliphatic heterocycles. The molecule has 2 N–H and O–H groups in total. The van der Waals surface area contributed by atoms with Gasteiger partial charge in [0.05, 0.1) is 5.02 Å². The molecule has 0 amide bonds. The number of alkyl halides is 2. The standard InChI is InChI=1S/C25H26Cl2F2N4O4/c1-25(28,29)37-19-12-16(6-9-18(19)27)13-20-30-22-21(33(20)14-15-4-7-17(26)8-5-15)23(35)32(10-3-11-34)24(36)31(22)2/h4-9,12,20,30,34H,3,10-11,13-14H2,1-2H3. The van der Waals surface area contributed by atoms with Crippen molar-refractivity contribution in [2.24, 2.45) is 7.05 Å². The van der Waals surface area contributed by atoms with Gasteiger partial charge >= 0.3 is 11.8 Å². The summed E-state index contributed by atoms with van der Waals surface area (Å²) in [5.74, 6) is 0.185. The van der Waals surface area contributed by atoms with Gasteiger partial charge in [-0.1, -0.05) is 41.4 Å². The Hall–Kier alpha value is -3.08. The van der Waals surface area contributed by atoms with Gasteiger partial charge in [-0.05, 0) is 41.8 Å². The molecule has 2 heterocycles. The number of halogens is 4. The van der Waals surface area contributed by atoms with Gasteiger partial charge in [0.15, 0.2) is 0 Å². The van der Waals surface area contributed by atoms with Crippen LogP contribution in [0.1, 0.15) is 24.5 Å². The van der Waals surface area contributed by atoms with Crippen molar-refractivity contribution in [1.82, 2.24) is 9.13 Å². The van der Waals surface area contributed by atoms with Gasteiger partial charge in [-0.25, -0.2) is 4.79 Å². The predicted molar refractivity (Wildman–Crippen MR) is 139 cm³/mol. The summed E-state index contributed by atoms with van der Waals surface area (Å²) >= 11 is 12.1. The molecule has 1 atom stereocenters. The summed E-state index contributed by atoms with van der Waals surface area (Å²) in [5.41, 5.74) is 0.793. The van der Waals surface area contributed by atoms with Gasteiger partial charge in [0.1, 0.15) is 23.4 Å². The summed E-state index contributed by atoms with van der Waals surface area (Å²) in [5, 5.41) is 13.1. The minimum absolute atomic E-state index is 0.0418. The van der Waals surface area contributed by atoms with Gasteiger partial charge in [-0.15, -0.1) is 0 Å². The molecule has 4 rings (SSSR count). The Balaban J connectivity index is 1.76. The second-order valence-electron chi connectivity index (χ2n) is 8.87. The molecule has 2 aromatic carbocycles. The largest absolute Gasteiger partial charge is 0.431 e. The zero-order chi connectivity index (χ0) is 26.9. The highest BCUT2D eigenvalue weighted by Gasteiger charge is 2.35.